The largest absolute Gasteiger partial charge is 0.495 e. The molecular weight excluding hydrogens is 346 g/mol. The molecule has 0 amide bonds. The van der Waals surface area contributed by atoms with Gasteiger partial charge in [-0.15, -0.1) is 0 Å². The zero-order chi connectivity index (χ0) is 18.1. The van der Waals surface area contributed by atoms with Crippen LogP contribution in [-0.2, 0) is 10.0 Å². The Morgan fingerprint density at radius 3 is 2.42 bits per heavy atom. The lowest BCUT2D eigenvalue weighted by Gasteiger charge is -2.21. The summed E-state index contributed by atoms with van der Waals surface area (Å²) in [5.74, 6) is -1.96. The molecule has 0 bridgehead atoms. The average Bonchev–Trinajstić information content (AvgIpc) is 2.55. The Kier molecular flexibility index (Phi) is 4.69. The number of nitrogens with zero attached hydrogens (tertiary/aromatic N) is 2. The maximum atomic E-state index is 13.8. The number of hydrogen-bond acceptors (Lipinski definition) is 5. The van der Waals surface area contributed by atoms with E-state index in [0.29, 0.717) is 10.4 Å². The fourth-order valence-corrected chi connectivity index (χ4v) is 3.35. The lowest BCUT2D eigenvalue weighted by Crippen LogP contribution is -2.28. The lowest BCUT2D eigenvalue weighted by molar-refractivity contribution is -0.385. The van der Waals surface area contributed by atoms with Crippen molar-refractivity contribution in [2.24, 2.45) is 0 Å². The summed E-state index contributed by atoms with van der Waals surface area (Å²) in [6.45, 7) is 0. The van der Waals surface area contributed by atoms with Crippen LogP contribution >= 0.6 is 0 Å². The first-order chi connectivity index (χ1) is 11.2. The third-order valence-corrected chi connectivity index (χ3v) is 5.04. The van der Waals surface area contributed by atoms with E-state index in [1.54, 1.807) is 0 Å². The Hall–Kier alpha value is -2.75. The molecule has 0 heterocycles. The molecule has 2 rings (SSSR count). The number of ether oxygens (including phenoxy) is 1. The van der Waals surface area contributed by atoms with Gasteiger partial charge < -0.3 is 4.74 Å². The molecule has 24 heavy (non-hydrogen) atoms. The average molecular weight is 358 g/mol. The van der Waals surface area contributed by atoms with Crippen LogP contribution < -0.4 is 9.04 Å². The Bertz CT molecular complexity index is 902. The van der Waals surface area contributed by atoms with Gasteiger partial charge >= 0.3 is 0 Å². The van der Waals surface area contributed by atoms with Gasteiger partial charge in [-0.2, -0.15) is 0 Å². The van der Waals surface area contributed by atoms with E-state index >= 15 is 0 Å². The van der Waals surface area contributed by atoms with Gasteiger partial charge in [-0.05, 0) is 18.2 Å². The smallest absolute Gasteiger partial charge is 0.271 e. The molecule has 0 aliphatic rings. The molecule has 0 N–H and O–H groups in total. The number of nitro benzene ring substituents is 1. The molecule has 0 saturated carbocycles. The quantitative estimate of drug-likeness (QED) is 0.605. The molecule has 0 saturated heterocycles. The normalized spacial score (nSPS) is 11.2. The molecule has 10 heteroatoms. The van der Waals surface area contributed by atoms with Crippen LogP contribution in [0.1, 0.15) is 0 Å². The van der Waals surface area contributed by atoms with E-state index in [1.165, 1.54) is 7.11 Å². The molecule has 7 nitrogen and oxygen atoms in total. The van der Waals surface area contributed by atoms with E-state index in [4.69, 9.17) is 4.74 Å². The zero-order valence-electron chi connectivity index (χ0n) is 12.6. The van der Waals surface area contributed by atoms with Crippen LogP contribution in [0, 0.1) is 21.7 Å². The summed E-state index contributed by atoms with van der Waals surface area (Å²) in [4.78, 5) is 9.55. The van der Waals surface area contributed by atoms with Crippen molar-refractivity contribution >= 4 is 21.4 Å². The zero-order valence-corrected chi connectivity index (χ0v) is 13.4. The van der Waals surface area contributed by atoms with Crippen molar-refractivity contribution in [1.29, 1.82) is 0 Å². The van der Waals surface area contributed by atoms with E-state index in [-0.39, 0.29) is 5.75 Å². The second-order valence-corrected chi connectivity index (χ2v) is 6.60. The number of sulfonamides is 1. The predicted molar refractivity (Wildman–Crippen MR) is 81.6 cm³/mol. The van der Waals surface area contributed by atoms with Gasteiger partial charge in [-0.25, -0.2) is 17.2 Å². The van der Waals surface area contributed by atoms with E-state index < -0.39 is 42.9 Å². The van der Waals surface area contributed by atoms with E-state index in [9.17, 15) is 27.3 Å². The van der Waals surface area contributed by atoms with Crippen LogP contribution in [0.5, 0.6) is 5.75 Å². The molecule has 2 aromatic rings. The number of non-ortho nitro benzene ring substituents is 1. The molecule has 0 unspecified atom stereocenters. The molecule has 0 aliphatic heterocycles. The summed E-state index contributed by atoms with van der Waals surface area (Å²) >= 11 is 0. The number of rotatable bonds is 5. The summed E-state index contributed by atoms with van der Waals surface area (Å²) in [5.41, 5.74) is -1.02. The molecule has 0 aromatic heterocycles. The maximum Gasteiger partial charge on any atom is 0.271 e. The van der Waals surface area contributed by atoms with Crippen LogP contribution in [0.3, 0.4) is 0 Å². The molecule has 0 fully saturated rings. The van der Waals surface area contributed by atoms with Gasteiger partial charge in [0.15, 0.2) is 0 Å². The number of methoxy groups -OCH3 is 1. The topological polar surface area (TPSA) is 89.7 Å². The van der Waals surface area contributed by atoms with Crippen LogP contribution in [-0.4, -0.2) is 27.5 Å². The molecule has 0 aliphatic carbocycles. The third kappa shape index (κ3) is 3.13. The van der Waals surface area contributed by atoms with Crippen LogP contribution in [0.2, 0.25) is 0 Å². The highest BCUT2D eigenvalue weighted by atomic mass is 32.2. The summed E-state index contributed by atoms with van der Waals surface area (Å²) in [5, 5.41) is 10.9. The van der Waals surface area contributed by atoms with Gasteiger partial charge in [0.25, 0.3) is 15.7 Å². The first-order valence-corrected chi connectivity index (χ1v) is 7.89. The summed E-state index contributed by atoms with van der Waals surface area (Å²) in [7, 11) is -2.24. The van der Waals surface area contributed by atoms with Crippen molar-refractivity contribution in [3.63, 3.8) is 0 Å². The van der Waals surface area contributed by atoms with Crippen molar-refractivity contribution in [3.05, 3.63) is 58.1 Å². The number of anilines is 1. The second kappa shape index (κ2) is 6.40. The van der Waals surface area contributed by atoms with E-state index in [2.05, 4.69) is 0 Å². The minimum absolute atomic E-state index is 0.163. The van der Waals surface area contributed by atoms with Crippen molar-refractivity contribution in [3.8, 4) is 5.75 Å². The molecule has 128 valence electrons. The Labute approximate surface area is 136 Å². The van der Waals surface area contributed by atoms with Crippen LogP contribution in [0.4, 0.5) is 20.2 Å². The van der Waals surface area contributed by atoms with Gasteiger partial charge in [0.2, 0.25) is 0 Å². The van der Waals surface area contributed by atoms with Gasteiger partial charge in [0, 0.05) is 25.2 Å². The Balaban J connectivity index is 2.63. The minimum atomic E-state index is -4.43. The SMILES string of the molecule is COc1ccc([N+](=O)[O-])cc1S(=O)(=O)N(C)c1cc(F)ccc1F. The third-order valence-electron chi connectivity index (χ3n) is 3.24. The van der Waals surface area contributed by atoms with Crippen molar-refractivity contribution in [1.82, 2.24) is 0 Å². The summed E-state index contributed by atoms with van der Waals surface area (Å²) in [6.07, 6.45) is 0. The lowest BCUT2D eigenvalue weighted by atomic mass is 10.3. The van der Waals surface area contributed by atoms with Crippen LogP contribution in [0.25, 0.3) is 0 Å². The van der Waals surface area contributed by atoms with Gasteiger partial charge in [-0.1, -0.05) is 0 Å². The van der Waals surface area contributed by atoms with Gasteiger partial charge in [0.1, 0.15) is 22.3 Å². The first-order valence-electron chi connectivity index (χ1n) is 6.45. The minimum Gasteiger partial charge on any atom is -0.495 e. The second-order valence-electron chi connectivity index (χ2n) is 4.66. The summed E-state index contributed by atoms with van der Waals surface area (Å²) < 4.78 is 57.9. The van der Waals surface area contributed by atoms with Crippen molar-refractivity contribution < 1.29 is 26.9 Å². The molecule has 0 atom stereocenters. The Morgan fingerprint density at radius 1 is 1.17 bits per heavy atom. The number of halogens is 2. The standard InChI is InChI=1S/C14H12F2N2O5S/c1-17(12-7-9(15)3-5-11(12)16)24(21,22)14-8-10(18(19)20)4-6-13(14)23-2/h3-8H,1-2H3. The first kappa shape index (κ1) is 17.6. The van der Waals surface area contributed by atoms with Crippen LogP contribution in [0.15, 0.2) is 41.3 Å². The Morgan fingerprint density at radius 2 is 1.83 bits per heavy atom. The summed E-state index contributed by atoms with van der Waals surface area (Å²) in [6, 6.07) is 5.30. The predicted octanol–water partition coefficient (Wildman–Crippen LogP) is 2.71. The van der Waals surface area contributed by atoms with Crippen molar-refractivity contribution in [2.75, 3.05) is 18.5 Å². The maximum absolute atomic E-state index is 13.8. The molecule has 2 aromatic carbocycles. The number of nitro groups is 1. The monoisotopic (exact) mass is 358 g/mol. The van der Waals surface area contributed by atoms with Gasteiger partial charge in [-0.3, -0.25) is 14.4 Å². The fourth-order valence-electron chi connectivity index (χ4n) is 1.98. The van der Waals surface area contributed by atoms with E-state index in [1.807, 2.05) is 0 Å². The van der Waals surface area contributed by atoms with Crippen molar-refractivity contribution in [2.45, 2.75) is 4.90 Å². The van der Waals surface area contributed by atoms with Gasteiger partial charge in [0.05, 0.1) is 17.7 Å². The molecular formula is C14H12F2N2O5S. The molecule has 0 spiro atoms. The molecule has 0 radical (unpaired) electrons. The highest BCUT2D eigenvalue weighted by Crippen LogP contribution is 2.33. The number of hydrogen-bond donors (Lipinski definition) is 0. The fraction of sp³-hybridized carbons (Fsp3) is 0.143. The highest BCUT2D eigenvalue weighted by Gasteiger charge is 2.29. The highest BCUT2D eigenvalue weighted by molar-refractivity contribution is 7.93. The number of benzene rings is 2. The van der Waals surface area contributed by atoms with E-state index in [0.717, 1.165) is 37.4 Å².